The maximum absolute atomic E-state index is 10.9. The molecule has 2 rings (SSSR count). The second-order valence-electron chi connectivity index (χ2n) is 4.24. The maximum atomic E-state index is 10.9. The first-order valence-electron chi connectivity index (χ1n) is 5.59. The van der Waals surface area contributed by atoms with E-state index >= 15 is 0 Å². The molecule has 2 heterocycles. The molecular weight excluding hydrogens is 220 g/mol. The van der Waals surface area contributed by atoms with E-state index in [4.69, 9.17) is 5.11 Å². The number of hydrogen-bond acceptors (Lipinski definition) is 5. The van der Waals surface area contributed by atoms with Crippen LogP contribution in [0, 0.1) is 13.8 Å². The van der Waals surface area contributed by atoms with E-state index in [1.165, 1.54) is 0 Å². The van der Waals surface area contributed by atoms with Gasteiger partial charge in [-0.2, -0.15) is 0 Å². The summed E-state index contributed by atoms with van der Waals surface area (Å²) in [7, 11) is 0. The molecule has 92 valence electrons. The number of anilines is 1. The van der Waals surface area contributed by atoms with Crippen LogP contribution in [0.5, 0.6) is 0 Å². The molecule has 1 aliphatic rings. The van der Waals surface area contributed by atoms with Crippen molar-refractivity contribution in [1.29, 1.82) is 0 Å². The molecule has 0 unspecified atom stereocenters. The molecule has 1 aromatic rings. The maximum Gasteiger partial charge on any atom is 0.322 e. The quantitative estimate of drug-likeness (QED) is 0.750. The molecule has 0 amide bonds. The third kappa shape index (κ3) is 2.71. The number of carboxylic acid groups (broad SMARTS) is 1. The van der Waals surface area contributed by atoms with Gasteiger partial charge in [0.25, 0.3) is 0 Å². The van der Waals surface area contributed by atoms with Crippen molar-refractivity contribution < 1.29 is 9.90 Å². The van der Waals surface area contributed by atoms with E-state index in [1.807, 2.05) is 24.8 Å². The summed E-state index contributed by atoms with van der Waals surface area (Å²) in [5.74, 6) is -0.214. The molecule has 6 nitrogen and oxygen atoms in total. The summed E-state index contributed by atoms with van der Waals surface area (Å²) in [6, 6.07) is 1.36. The molecule has 0 spiro atoms. The highest BCUT2D eigenvalue weighted by Gasteiger charge is 2.26. The fourth-order valence-electron chi connectivity index (χ4n) is 1.95. The van der Waals surface area contributed by atoms with Crippen LogP contribution in [0.25, 0.3) is 0 Å². The Kier molecular flexibility index (Phi) is 3.23. The molecule has 1 atom stereocenters. The SMILES string of the molecule is Cc1cc(C)nc(N2CCN[C@H](C(=O)O)C2)n1. The average molecular weight is 236 g/mol. The van der Waals surface area contributed by atoms with Crippen molar-refractivity contribution in [3.63, 3.8) is 0 Å². The number of hydrogen-bond donors (Lipinski definition) is 2. The summed E-state index contributed by atoms with van der Waals surface area (Å²) >= 11 is 0. The number of rotatable bonds is 2. The number of carboxylic acids is 1. The van der Waals surface area contributed by atoms with Gasteiger partial charge >= 0.3 is 5.97 Å². The second kappa shape index (κ2) is 4.67. The summed E-state index contributed by atoms with van der Waals surface area (Å²) in [6.07, 6.45) is 0. The van der Waals surface area contributed by atoms with E-state index in [9.17, 15) is 4.79 Å². The fourth-order valence-corrected chi connectivity index (χ4v) is 1.95. The summed E-state index contributed by atoms with van der Waals surface area (Å²) in [5.41, 5.74) is 1.80. The molecule has 2 N–H and O–H groups in total. The number of piperazine rings is 1. The van der Waals surface area contributed by atoms with Crippen LogP contribution in [0.3, 0.4) is 0 Å². The molecule has 6 heteroatoms. The van der Waals surface area contributed by atoms with Crippen LogP contribution < -0.4 is 10.2 Å². The second-order valence-corrected chi connectivity index (χ2v) is 4.24. The molecule has 0 radical (unpaired) electrons. The van der Waals surface area contributed by atoms with Crippen molar-refractivity contribution in [2.75, 3.05) is 24.5 Å². The number of aliphatic carboxylic acids is 1. The van der Waals surface area contributed by atoms with Crippen LogP contribution in [0.1, 0.15) is 11.4 Å². The van der Waals surface area contributed by atoms with Crippen molar-refractivity contribution in [3.8, 4) is 0 Å². The molecule has 1 fully saturated rings. The number of nitrogens with one attached hydrogen (secondary N) is 1. The molecule has 1 saturated heterocycles. The largest absolute Gasteiger partial charge is 0.480 e. The third-order valence-corrected chi connectivity index (χ3v) is 2.73. The van der Waals surface area contributed by atoms with Crippen LogP contribution in [0.2, 0.25) is 0 Å². The van der Waals surface area contributed by atoms with E-state index in [-0.39, 0.29) is 0 Å². The molecule has 17 heavy (non-hydrogen) atoms. The van der Waals surface area contributed by atoms with Crippen molar-refractivity contribution in [3.05, 3.63) is 17.5 Å². The summed E-state index contributed by atoms with van der Waals surface area (Å²) in [6.45, 7) is 5.59. The lowest BCUT2D eigenvalue weighted by Crippen LogP contribution is -2.54. The zero-order valence-corrected chi connectivity index (χ0v) is 9.97. The van der Waals surface area contributed by atoms with E-state index in [1.54, 1.807) is 0 Å². The average Bonchev–Trinajstić information content (AvgIpc) is 2.28. The Labute approximate surface area is 99.7 Å². The Bertz CT molecular complexity index is 415. The van der Waals surface area contributed by atoms with Crippen molar-refractivity contribution in [1.82, 2.24) is 15.3 Å². The highest BCUT2D eigenvalue weighted by molar-refractivity contribution is 5.74. The topological polar surface area (TPSA) is 78.4 Å². The minimum absolute atomic E-state index is 0.401. The van der Waals surface area contributed by atoms with Crippen LogP contribution in [0.4, 0.5) is 5.95 Å². The van der Waals surface area contributed by atoms with Gasteiger partial charge in [-0.25, -0.2) is 9.97 Å². The number of aromatic nitrogens is 2. The molecule has 0 aliphatic carbocycles. The first-order chi connectivity index (χ1) is 8.06. The lowest BCUT2D eigenvalue weighted by molar-refractivity contribution is -0.139. The van der Waals surface area contributed by atoms with E-state index < -0.39 is 12.0 Å². The summed E-state index contributed by atoms with van der Waals surface area (Å²) in [5, 5.41) is 11.9. The number of aryl methyl sites for hydroxylation is 2. The molecule has 1 aromatic heterocycles. The zero-order chi connectivity index (χ0) is 12.4. The van der Waals surface area contributed by atoms with Gasteiger partial charge in [-0.15, -0.1) is 0 Å². The van der Waals surface area contributed by atoms with Crippen LogP contribution >= 0.6 is 0 Å². The molecule has 0 aromatic carbocycles. The van der Waals surface area contributed by atoms with E-state index in [0.29, 0.717) is 19.0 Å². The molecular formula is C11H16N4O2. The van der Waals surface area contributed by atoms with Gasteiger partial charge < -0.3 is 15.3 Å². The van der Waals surface area contributed by atoms with Gasteiger partial charge in [0.15, 0.2) is 0 Å². The van der Waals surface area contributed by atoms with Crippen LogP contribution in [-0.2, 0) is 4.79 Å². The predicted octanol–water partition coefficient (Wildman–Crippen LogP) is -0.0438. The summed E-state index contributed by atoms with van der Waals surface area (Å²) in [4.78, 5) is 21.5. The van der Waals surface area contributed by atoms with Gasteiger partial charge in [-0.1, -0.05) is 0 Å². The highest BCUT2D eigenvalue weighted by Crippen LogP contribution is 2.12. The molecule has 1 aliphatic heterocycles. The Morgan fingerprint density at radius 3 is 2.71 bits per heavy atom. The standard InChI is InChI=1S/C11H16N4O2/c1-7-5-8(2)14-11(13-7)15-4-3-12-9(6-15)10(16)17/h5,9,12H,3-4,6H2,1-2H3,(H,16,17)/t9-/m0/s1. The van der Waals surface area contributed by atoms with Gasteiger partial charge in [0, 0.05) is 31.0 Å². The van der Waals surface area contributed by atoms with Crippen molar-refractivity contribution in [2.24, 2.45) is 0 Å². The smallest absolute Gasteiger partial charge is 0.322 e. The van der Waals surface area contributed by atoms with Gasteiger partial charge in [-0.05, 0) is 19.9 Å². The Morgan fingerprint density at radius 2 is 2.12 bits per heavy atom. The van der Waals surface area contributed by atoms with Crippen LogP contribution in [0.15, 0.2) is 6.07 Å². The molecule has 0 saturated carbocycles. The summed E-state index contributed by atoms with van der Waals surface area (Å²) < 4.78 is 0. The lowest BCUT2D eigenvalue weighted by atomic mass is 10.2. The van der Waals surface area contributed by atoms with Gasteiger partial charge in [0.1, 0.15) is 6.04 Å². The zero-order valence-electron chi connectivity index (χ0n) is 9.97. The Hall–Kier alpha value is -1.69. The number of carbonyl (C=O) groups is 1. The minimum Gasteiger partial charge on any atom is -0.480 e. The van der Waals surface area contributed by atoms with Gasteiger partial charge in [0.2, 0.25) is 5.95 Å². The fraction of sp³-hybridized carbons (Fsp3) is 0.545. The van der Waals surface area contributed by atoms with E-state index in [0.717, 1.165) is 17.9 Å². The Morgan fingerprint density at radius 1 is 1.47 bits per heavy atom. The third-order valence-electron chi connectivity index (χ3n) is 2.73. The monoisotopic (exact) mass is 236 g/mol. The van der Waals surface area contributed by atoms with Gasteiger partial charge in [0.05, 0.1) is 0 Å². The van der Waals surface area contributed by atoms with Gasteiger partial charge in [-0.3, -0.25) is 4.79 Å². The minimum atomic E-state index is -0.834. The normalized spacial score (nSPS) is 20.4. The first-order valence-corrected chi connectivity index (χ1v) is 5.59. The van der Waals surface area contributed by atoms with Crippen molar-refractivity contribution in [2.45, 2.75) is 19.9 Å². The predicted molar refractivity (Wildman–Crippen MR) is 63.1 cm³/mol. The van der Waals surface area contributed by atoms with Crippen molar-refractivity contribution >= 4 is 11.9 Å². The van der Waals surface area contributed by atoms with Crippen LogP contribution in [-0.4, -0.2) is 46.7 Å². The number of nitrogens with zero attached hydrogens (tertiary/aromatic N) is 3. The molecule has 0 bridgehead atoms. The van der Waals surface area contributed by atoms with E-state index in [2.05, 4.69) is 15.3 Å². The Balaban J connectivity index is 2.18. The highest BCUT2D eigenvalue weighted by atomic mass is 16.4. The lowest BCUT2D eigenvalue weighted by Gasteiger charge is -2.31. The first kappa shape index (κ1) is 11.8.